The zero-order chi connectivity index (χ0) is 20.8. The van der Waals surface area contributed by atoms with Crippen LogP contribution in [0.4, 0.5) is 4.39 Å². The number of carbonyl (C=O) groups is 1. The van der Waals surface area contributed by atoms with E-state index in [1.54, 1.807) is 44.8 Å². The van der Waals surface area contributed by atoms with Crippen molar-refractivity contribution >= 4 is 22.4 Å². The van der Waals surface area contributed by atoms with Crippen molar-refractivity contribution in [2.45, 2.75) is 13.3 Å². The van der Waals surface area contributed by atoms with Gasteiger partial charge in [-0.3, -0.25) is 4.79 Å². The lowest BCUT2D eigenvalue weighted by molar-refractivity contribution is -0.116. The van der Waals surface area contributed by atoms with Gasteiger partial charge in [-0.25, -0.2) is 4.39 Å². The van der Waals surface area contributed by atoms with Crippen molar-refractivity contribution < 1.29 is 23.1 Å². The number of carbonyl (C=O) groups excluding carboxylic acids is 1. The van der Waals surface area contributed by atoms with E-state index in [2.05, 4.69) is 5.32 Å². The minimum Gasteiger partial charge on any atom is -0.496 e. The highest BCUT2D eigenvalue weighted by molar-refractivity contribution is 6.00. The lowest BCUT2D eigenvalue weighted by atomic mass is 9.99. The van der Waals surface area contributed by atoms with Crippen LogP contribution in [-0.4, -0.2) is 33.3 Å². The Balaban J connectivity index is 1.94. The Morgan fingerprint density at radius 2 is 1.97 bits per heavy atom. The monoisotopic (exact) mass is 397 g/mol. The standard InChI is InChI=1S/C23H24FNO4/c1-15(11-23(26)25-9-4-10-27-2)18-12-19-20(16-5-7-17(24)8-6-16)14-29-22(19)13-21(18)28-3/h5-8,11-14H,4,9-10H2,1-3H3,(H,25,26)/b15-11+. The Hall–Kier alpha value is -3.12. The van der Waals surface area contributed by atoms with Crippen molar-refractivity contribution in [3.05, 3.63) is 60.1 Å². The fraction of sp³-hybridized carbons (Fsp3) is 0.261. The summed E-state index contributed by atoms with van der Waals surface area (Å²) in [5.74, 6) is 0.143. The van der Waals surface area contributed by atoms with Crippen molar-refractivity contribution in [3.63, 3.8) is 0 Å². The smallest absolute Gasteiger partial charge is 0.244 e. The van der Waals surface area contributed by atoms with E-state index < -0.39 is 0 Å². The normalized spacial score (nSPS) is 11.7. The molecule has 0 fully saturated rings. The highest BCUT2D eigenvalue weighted by Crippen LogP contribution is 2.37. The number of hydrogen-bond donors (Lipinski definition) is 1. The second-order valence-corrected chi connectivity index (χ2v) is 6.67. The van der Waals surface area contributed by atoms with Crippen molar-refractivity contribution in [2.24, 2.45) is 0 Å². The molecule has 0 aliphatic rings. The maximum Gasteiger partial charge on any atom is 0.244 e. The molecule has 2 aromatic carbocycles. The lowest BCUT2D eigenvalue weighted by Crippen LogP contribution is -2.23. The van der Waals surface area contributed by atoms with Crippen LogP contribution in [0.15, 0.2) is 53.2 Å². The number of amides is 1. The Morgan fingerprint density at radius 3 is 2.66 bits per heavy atom. The maximum atomic E-state index is 13.3. The van der Waals surface area contributed by atoms with E-state index in [0.29, 0.717) is 24.5 Å². The van der Waals surface area contributed by atoms with E-state index in [0.717, 1.165) is 34.1 Å². The molecule has 1 amide bonds. The molecule has 1 heterocycles. The maximum absolute atomic E-state index is 13.3. The minimum atomic E-state index is -0.292. The Labute approximate surface area is 169 Å². The summed E-state index contributed by atoms with van der Waals surface area (Å²) in [4.78, 5) is 12.2. The van der Waals surface area contributed by atoms with E-state index in [-0.39, 0.29) is 11.7 Å². The van der Waals surface area contributed by atoms with Crippen molar-refractivity contribution in [3.8, 4) is 16.9 Å². The fourth-order valence-corrected chi connectivity index (χ4v) is 3.14. The number of halogens is 1. The van der Waals surface area contributed by atoms with Gasteiger partial charge in [-0.1, -0.05) is 12.1 Å². The molecule has 0 unspecified atom stereocenters. The van der Waals surface area contributed by atoms with Crippen LogP contribution in [0.2, 0.25) is 0 Å². The fourth-order valence-electron chi connectivity index (χ4n) is 3.14. The van der Waals surface area contributed by atoms with Gasteiger partial charge in [-0.2, -0.15) is 0 Å². The van der Waals surface area contributed by atoms with Gasteiger partial charge in [-0.15, -0.1) is 0 Å². The van der Waals surface area contributed by atoms with Gasteiger partial charge < -0.3 is 19.2 Å². The van der Waals surface area contributed by atoms with Crippen LogP contribution in [0.5, 0.6) is 5.75 Å². The first-order valence-electron chi connectivity index (χ1n) is 9.34. The molecule has 6 heteroatoms. The molecule has 0 aliphatic carbocycles. The lowest BCUT2D eigenvalue weighted by Gasteiger charge is -2.10. The number of nitrogens with one attached hydrogen (secondary N) is 1. The van der Waals surface area contributed by atoms with Crippen LogP contribution in [0.1, 0.15) is 18.9 Å². The quantitative estimate of drug-likeness (QED) is 0.438. The summed E-state index contributed by atoms with van der Waals surface area (Å²) in [7, 11) is 3.21. The van der Waals surface area contributed by atoms with Crippen LogP contribution in [0.3, 0.4) is 0 Å². The molecule has 3 rings (SSSR count). The van der Waals surface area contributed by atoms with Gasteiger partial charge in [0.15, 0.2) is 0 Å². The van der Waals surface area contributed by atoms with Crippen molar-refractivity contribution in [1.82, 2.24) is 5.32 Å². The van der Waals surface area contributed by atoms with Crippen LogP contribution in [0.25, 0.3) is 27.7 Å². The predicted molar refractivity (Wildman–Crippen MR) is 111 cm³/mol. The first-order valence-corrected chi connectivity index (χ1v) is 9.34. The van der Waals surface area contributed by atoms with Gasteiger partial charge in [-0.05, 0) is 42.7 Å². The summed E-state index contributed by atoms with van der Waals surface area (Å²) in [5.41, 5.74) is 3.90. The largest absolute Gasteiger partial charge is 0.496 e. The molecule has 0 spiro atoms. The number of furan rings is 1. The van der Waals surface area contributed by atoms with E-state index >= 15 is 0 Å². The predicted octanol–water partition coefficient (Wildman–Crippen LogP) is 4.80. The van der Waals surface area contributed by atoms with Crippen LogP contribution in [0, 0.1) is 5.82 Å². The summed E-state index contributed by atoms with van der Waals surface area (Å²) in [6.45, 7) is 3.00. The molecule has 1 N–H and O–H groups in total. The van der Waals surface area contributed by atoms with Crippen molar-refractivity contribution in [2.75, 3.05) is 27.4 Å². The first-order chi connectivity index (χ1) is 14.0. The molecule has 0 saturated heterocycles. The summed E-state index contributed by atoms with van der Waals surface area (Å²) >= 11 is 0. The average molecular weight is 397 g/mol. The SMILES string of the molecule is COCCCNC(=O)/C=C(\C)c1cc2c(-c3ccc(F)cc3)coc2cc1OC. The third kappa shape index (κ3) is 4.84. The minimum absolute atomic E-state index is 0.174. The van der Waals surface area contributed by atoms with Crippen molar-refractivity contribution in [1.29, 1.82) is 0 Å². The highest BCUT2D eigenvalue weighted by Gasteiger charge is 2.15. The molecular formula is C23H24FNO4. The second-order valence-electron chi connectivity index (χ2n) is 6.67. The zero-order valence-corrected chi connectivity index (χ0v) is 16.8. The Bertz CT molecular complexity index is 1020. The number of benzene rings is 2. The third-order valence-electron chi connectivity index (χ3n) is 4.65. The molecule has 0 radical (unpaired) electrons. The molecule has 0 bridgehead atoms. The molecule has 3 aromatic rings. The van der Waals surface area contributed by atoms with Crippen LogP contribution in [-0.2, 0) is 9.53 Å². The van der Waals surface area contributed by atoms with Gasteiger partial charge in [0.05, 0.1) is 13.4 Å². The number of ether oxygens (including phenoxy) is 2. The number of methoxy groups -OCH3 is 2. The van der Waals surface area contributed by atoms with Gasteiger partial charge in [0.1, 0.15) is 17.1 Å². The van der Waals surface area contributed by atoms with Gasteiger partial charge in [0, 0.05) is 48.9 Å². The highest BCUT2D eigenvalue weighted by atomic mass is 19.1. The van der Waals surface area contributed by atoms with E-state index in [1.165, 1.54) is 12.1 Å². The molecule has 5 nitrogen and oxygen atoms in total. The van der Waals surface area contributed by atoms with E-state index in [9.17, 15) is 9.18 Å². The Kier molecular flexibility index (Phi) is 6.67. The molecule has 152 valence electrons. The molecular weight excluding hydrogens is 373 g/mol. The summed E-state index contributed by atoms with van der Waals surface area (Å²) < 4.78 is 29.4. The van der Waals surface area contributed by atoms with E-state index in [1.807, 2.05) is 13.0 Å². The molecule has 0 atom stereocenters. The van der Waals surface area contributed by atoms with Gasteiger partial charge in [0.25, 0.3) is 0 Å². The molecule has 0 saturated carbocycles. The number of hydrogen-bond acceptors (Lipinski definition) is 4. The van der Waals surface area contributed by atoms with Gasteiger partial charge in [0.2, 0.25) is 5.91 Å². The third-order valence-corrected chi connectivity index (χ3v) is 4.65. The number of allylic oxidation sites excluding steroid dienone is 1. The topological polar surface area (TPSA) is 60.7 Å². The van der Waals surface area contributed by atoms with Gasteiger partial charge >= 0.3 is 0 Å². The molecule has 1 aromatic heterocycles. The number of rotatable bonds is 8. The zero-order valence-electron chi connectivity index (χ0n) is 16.8. The molecule has 29 heavy (non-hydrogen) atoms. The Morgan fingerprint density at radius 1 is 1.21 bits per heavy atom. The summed E-state index contributed by atoms with van der Waals surface area (Å²) in [6, 6.07) is 9.97. The molecule has 0 aliphatic heterocycles. The number of fused-ring (bicyclic) bond motifs is 1. The summed E-state index contributed by atoms with van der Waals surface area (Å²) in [6.07, 6.45) is 3.94. The van der Waals surface area contributed by atoms with E-state index in [4.69, 9.17) is 13.9 Å². The van der Waals surface area contributed by atoms with Crippen LogP contribution >= 0.6 is 0 Å². The average Bonchev–Trinajstić information content (AvgIpc) is 3.13. The second kappa shape index (κ2) is 9.39. The summed E-state index contributed by atoms with van der Waals surface area (Å²) in [5, 5.41) is 3.70. The first kappa shape index (κ1) is 20.6. The van der Waals surface area contributed by atoms with Crippen LogP contribution < -0.4 is 10.1 Å².